The summed E-state index contributed by atoms with van der Waals surface area (Å²) >= 11 is 0. The molecule has 3 N–H and O–H groups in total. The molecule has 0 radical (unpaired) electrons. The Morgan fingerprint density at radius 3 is 2.86 bits per heavy atom. The van der Waals surface area contributed by atoms with Crippen LogP contribution in [0.1, 0.15) is 12.0 Å². The lowest BCUT2D eigenvalue weighted by Crippen LogP contribution is -2.25. The van der Waals surface area contributed by atoms with Gasteiger partial charge in [0.1, 0.15) is 0 Å². The van der Waals surface area contributed by atoms with E-state index in [1.165, 1.54) is 6.08 Å². The summed E-state index contributed by atoms with van der Waals surface area (Å²) in [6.45, 7) is 0.452. The van der Waals surface area contributed by atoms with Crippen molar-refractivity contribution in [3.63, 3.8) is 0 Å². The molecule has 1 aliphatic rings. The van der Waals surface area contributed by atoms with E-state index in [2.05, 4.69) is 5.32 Å². The first-order valence-electron chi connectivity index (χ1n) is 6.30. The lowest BCUT2D eigenvalue weighted by molar-refractivity contribution is -0.116. The number of carbonyl (C=O) groups is 1. The first-order valence-corrected chi connectivity index (χ1v) is 8.02. The van der Waals surface area contributed by atoms with Gasteiger partial charge in [-0.25, -0.2) is 13.6 Å². The Hall–Kier alpha value is -2.06. The van der Waals surface area contributed by atoms with E-state index in [9.17, 15) is 13.2 Å². The number of benzene rings is 1. The van der Waals surface area contributed by atoms with Crippen LogP contribution in [0, 0.1) is 0 Å². The number of primary sulfonamides is 1. The van der Waals surface area contributed by atoms with Crippen LogP contribution in [-0.2, 0) is 14.8 Å². The molecule has 0 aliphatic carbocycles. The van der Waals surface area contributed by atoms with Crippen molar-refractivity contribution in [3.8, 4) is 11.5 Å². The molecule has 21 heavy (non-hydrogen) atoms. The number of amides is 1. The highest BCUT2D eigenvalue weighted by molar-refractivity contribution is 7.89. The van der Waals surface area contributed by atoms with E-state index >= 15 is 0 Å². The highest BCUT2D eigenvalue weighted by Crippen LogP contribution is 2.32. The Morgan fingerprint density at radius 2 is 2.10 bits per heavy atom. The van der Waals surface area contributed by atoms with Gasteiger partial charge in [0.15, 0.2) is 11.5 Å². The van der Waals surface area contributed by atoms with Crippen LogP contribution in [-0.4, -0.2) is 33.4 Å². The SMILES string of the molecule is NS(=O)(=O)CCCNC(=O)/C=C/c1ccc2c(c1)OCO2. The minimum atomic E-state index is -3.48. The van der Waals surface area contributed by atoms with Gasteiger partial charge in [-0.15, -0.1) is 0 Å². The molecule has 0 bridgehead atoms. The average molecular weight is 312 g/mol. The maximum absolute atomic E-state index is 11.5. The van der Waals surface area contributed by atoms with Crippen molar-refractivity contribution in [2.45, 2.75) is 6.42 Å². The second-order valence-electron chi connectivity index (χ2n) is 4.46. The summed E-state index contributed by atoms with van der Waals surface area (Å²) in [7, 11) is -3.48. The van der Waals surface area contributed by atoms with Gasteiger partial charge in [-0.05, 0) is 30.2 Å². The summed E-state index contributed by atoms with van der Waals surface area (Å²) in [5.74, 6) is 0.867. The fourth-order valence-electron chi connectivity index (χ4n) is 1.73. The van der Waals surface area contributed by atoms with E-state index < -0.39 is 10.0 Å². The maximum atomic E-state index is 11.5. The normalized spacial score (nSPS) is 13.6. The van der Waals surface area contributed by atoms with Gasteiger partial charge in [0, 0.05) is 12.6 Å². The zero-order chi connectivity index (χ0) is 15.3. The minimum absolute atomic E-state index is 0.154. The summed E-state index contributed by atoms with van der Waals surface area (Å²) in [6, 6.07) is 5.34. The molecular weight excluding hydrogens is 296 g/mol. The van der Waals surface area contributed by atoms with Crippen LogP contribution in [0.3, 0.4) is 0 Å². The van der Waals surface area contributed by atoms with Crippen molar-refractivity contribution >= 4 is 22.0 Å². The summed E-state index contributed by atoms with van der Waals surface area (Å²) in [5, 5.41) is 7.43. The van der Waals surface area contributed by atoms with E-state index in [0.717, 1.165) is 5.56 Å². The quantitative estimate of drug-likeness (QED) is 0.577. The molecule has 1 aliphatic heterocycles. The Kier molecular flexibility index (Phi) is 4.81. The van der Waals surface area contributed by atoms with Gasteiger partial charge in [0.25, 0.3) is 0 Å². The lowest BCUT2D eigenvalue weighted by atomic mass is 10.2. The summed E-state index contributed by atoms with van der Waals surface area (Å²) in [5.41, 5.74) is 0.805. The number of ether oxygens (including phenoxy) is 2. The number of hydrogen-bond donors (Lipinski definition) is 2. The van der Waals surface area contributed by atoms with Gasteiger partial charge in [-0.3, -0.25) is 4.79 Å². The molecule has 0 aromatic heterocycles. The van der Waals surface area contributed by atoms with E-state index in [1.54, 1.807) is 24.3 Å². The van der Waals surface area contributed by atoms with Gasteiger partial charge in [0.05, 0.1) is 5.75 Å². The molecule has 0 atom stereocenters. The highest BCUT2D eigenvalue weighted by atomic mass is 32.2. The highest BCUT2D eigenvalue weighted by Gasteiger charge is 2.12. The van der Waals surface area contributed by atoms with Crippen molar-refractivity contribution in [3.05, 3.63) is 29.8 Å². The fourth-order valence-corrected chi connectivity index (χ4v) is 2.28. The molecule has 7 nitrogen and oxygen atoms in total. The third kappa shape index (κ3) is 5.09. The van der Waals surface area contributed by atoms with Gasteiger partial charge < -0.3 is 14.8 Å². The molecule has 0 unspecified atom stereocenters. The molecule has 2 rings (SSSR count). The van der Waals surface area contributed by atoms with Crippen LogP contribution in [0.4, 0.5) is 0 Å². The predicted molar refractivity (Wildman–Crippen MR) is 77.2 cm³/mol. The molecule has 0 fully saturated rings. The zero-order valence-electron chi connectivity index (χ0n) is 11.2. The van der Waals surface area contributed by atoms with Gasteiger partial charge in [0.2, 0.25) is 22.7 Å². The summed E-state index contributed by atoms with van der Waals surface area (Å²) < 4.78 is 31.8. The lowest BCUT2D eigenvalue weighted by Gasteiger charge is -2.01. The standard InChI is InChI=1S/C13H16N2O5S/c14-21(17,18)7-1-6-15-13(16)5-3-10-2-4-11-12(8-10)20-9-19-11/h2-5,8H,1,6-7,9H2,(H,15,16)(H2,14,17,18)/b5-3+. The van der Waals surface area contributed by atoms with Crippen molar-refractivity contribution in [2.24, 2.45) is 5.14 Å². The van der Waals surface area contributed by atoms with Crippen LogP contribution in [0.15, 0.2) is 24.3 Å². The Bertz CT molecular complexity index is 655. The number of nitrogens with one attached hydrogen (secondary N) is 1. The summed E-state index contributed by atoms with van der Waals surface area (Å²) in [4.78, 5) is 11.5. The Morgan fingerprint density at radius 1 is 1.33 bits per heavy atom. The number of sulfonamides is 1. The largest absolute Gasteiger partial charge is 0.454 e. The molecule has 8 heteroatoms. The molecule has 114 valence electrons. The van der Waals surface area contributed by atoms with Crippen LogP contribution in [0.25, 0.3) is 6.08 Å². The molecule has 1 amide bonds. The van der Waals surface area contributed by atoms with E-state index in [-0.39, 0.29) is 31.4 Å². The first-order chi connectivity index (χ1) is 9.94. The van der Waals surface area contributed by atoms with E-state index in [1.807, 2.05) is 0 Å². The molecule has 1 aromatic rings. The van der Waals surface area contributed by atoms with Crippen LogP contribution in [0.5, 0.6) is 11.5 Å². The molecule has 0 spiro atoms. The van der Waals surface area contributed by atoms with Crippen molar-refractivity contribution in [2.75, 3.05) is 19.1 Å². The molecule has 1 heterocycles. The Labute approximate surface area is 122 Å². The summed E-state index contributed by atoms with van der Waals surface area (Å²) in [6.07, 6.45) is 3.29. The van der Waals surface area contributed by atoms with Gasteiger partial charge in [-0.2, -0.15) is 0 Å². The van der Waals surface area contributed by atoms with Gasteiger partial charge >= 0.3 is 0 Å². The fraction of sp³-hybridized carbons (Fsp3) is 0.308. The number of carbonyl (C=O) groups excluding carboxylic acids is 1. The number of hydrogen-bond acceptors (Lipinski definition) is 5. The second kappa shape index (κ2) is 6.59. The van der Waals surface area contributed by atoms with Crippen LogP contribution < -0.4 is 19.9 Å². The predicted octanol–water partition coefficient (Wildman–Crippen LogP) is 0.223. The minimum Gasteiger partial charge on any atom is -0.454 e. The van der Waals surface area contributed by atoms with E-state index in [0.29, 0.717) is 11.5 Å². The molecule has 1 aromatic carbocycles. The van der Waals surface area contributed by atoms with Crippen molar-refractivity contribution in [1.82, 2.24) is 5.32 Å². The van der Waals surface area contributed by atoms with E-state index in [4.69, 9.17) is 14.6 Å². The van der Waals surface area contributed by atoms with Gasteiger partial charge in [-0.1, -0.05) is 6.07 Å². The molecular formula is C13H16N2O5S. The van der Waals surface area contributed by atoms with Crippen molar-refractivity contribution < 1.29 is 22.7 Å². The first kappa shape index (κ1) is 15.3. The second-order valence-corrected chi connectivity index (χ2v) is 6.19. The van der Waals surface area contributed by atoms with Crippen LogP contribution in [0.2, 0.25) is 0 Å². The monoisotopic (exact) mass is 312 g/mol. The average Bonchev–Trinajstić information content (AvgIpc) is 2.87. The smallest absolute Gasteiger partial charge is 0.243 e. The van der Waals surface area contributed by atoms with Crippen molar-refractivity contribution in [1.29, 1.82) is 0 Å². The van der Waals surface area contributed by atoms with Crippen LogP contribution >= 0.6 is 0 Å². The zero-order valence-corrected chi connectivity index (χ0v) is 12.1. The number of rotatable bonds is 6. The molecule has 0 saturated carbocycles. The topological polar surface area (TPSA) is 108 Å². The third-order valence-electron chi connectivity index (χ3n) is 2.73. The number of nitrogens with two attached hydrogens (primary N) is 1. The maximum Gasteiger partial charge on any atom is 0.243 e. The molecule has 0 saturated heterocycles. The Balaban J connectivity index is 1.79. The number of fused-ring (bicyclic) bond motifs is 1. The third-order valence-corrected chi connectivity index (χ3v) is 3.59.